The smallest absolute Gasteiger partial charge is 0.320 e. The summed E-state index contributed by atoms with van der Waals surface area (Å²) in [6.45, 7) is 5.62. The Morgan fingerprint density at radius 1 is 1.25 bits per heavy atom. The Hall–Kier alpha value is -1.95. The number of hydrogen-bond acceptors (Lipinski definition) is 3. The molecule has 0 spiro atoms. The SMILES string of the molecule is CC(C)C(NC(=O)CN(C1CC1)C(C)C(=O)O)c1ccc(F)cc1. The van der Waals surface area contributed by atoms with Crippen LogP contribution < -0.4 is 5.32 Å². The Labute approximate surface area is 141 Å². The molecule has 2 atom stereocenters. The Bertz CT molecular complexity index is 584. The number of carboxylic acid groups (broad SMARTS) is 1. The van der Waals surface area contributed by atoms with Crippen molar-refractivity contribution in [1.29, 1.82) is 0 Å². The van der Waals surface area contributed by atoms with Crippen molar-refractivity contribution >= 4 is 11.9 Å². The van der Waals surface area contributed by atoms with Crippen LogP contribution in [0.15, 0.2) is 24.3 Å². The van der Waals surface area contributed by atoms with Gasteiger partial charge in [-0.05, 0) is 43.4 Å². The second kappa shape index (κ2) is 7.75. The van der Waals surface area contributed by atoms with Crippen molar-refractivity contribution in [3.8, 4) is 0 Å². The predicted molar refractivity (Wildman–Crippen MR) is 88.9 cm³/mol. The highest BCUT2D eigenvalue weighted by atomic mass is 19.1. The summed E-state index contributed by atoms with van der Waals surface area (Å²) >= 11 is 0. The highest BCUT2D eigenvalue weighted by Gasteiger charge is 2.36. The van der Waals surface area contributed by atoms with Crippen LogP contribution in [0.3, 0.4) is 0 Å². The minimum absolute atomic E-state index is 0.0581. The molecule has 1 amide bonds. The number of carbonyl (C=O) groups is 2. The van der Waals surface area contributed by atoms with Crippen LogP contribution in [-0.4, -0.2) is 40.5 Å². The number of benzene rings is 1. The van der Waals surface area contributed by atoms with Crippen molar-refractivity contribution in [2.45, 2.75) is 51.7 Å². The molecule has 5 nitrogen and oxygen atoms in total. The molecule has 132 valence electrons. The molecule has 1 aliphatic carbocycles. The molecule has 2 N–H and O–H groups in total. The molecule has 1 aliphatic rings. The fourth-order valence-corrected chi connectivity index (χ4v) is 2.82. The zero-order valence-electron chi connectivity index (χ0n) is 14.3. The highest BCUT2D eigenvalue weighted by molar-refractivity contribution is 5.80. The van der Waals surface area contributed by atoms with Crippen LogP contribution in [0.1, 0.15) is 45.2 Å². The van der Waals surface area contributed by atoms with Crippen LogP contribution >= 0.6 is 0 Å². The van der Waals surface area contributed by atoms with Crippen LogP contribution in [0.25, 0.3) is 0 Å². The van der Waals surface area contributed by atoms with Crippen molar-refractivity contribution < 1.29 is 19.1 Å². The number of carbonyl (C=O) groups excluding carboxylic acids is 1. The van der Waals surface area contributed by atoms with Crippen molar-refractivity contribution in [2.24, 2.45) is 5.92 Å². The number of carboxylic acids is 1. The topological polar surface area (TPSA) is 69.6 Å². The standard InChI is InChI=1S/C18H25FN2O3/c1-11(2)17(13-4-6-14(19)7-5-13)20-16(22)10-21(15-8-9-15)12(3)18(23)24/h4-7,11-12,15,17H,8-10H2,1-3H3,(H,20,22)(H,23,24). The van der Waals surface area contributed by atoms with Gasteiger partial charge >= 0.3 is 5.97 Å². The minimum atomic E-state index is -0.923. The average molecular weight is 336 g/mol. The van der Waals surface area contributed by atoms with Crippen LogP contribution in [0.2, 0.25) is 0 Å². The fourth-order valence-electron chi connectivity index (χ4n) is 2.82. The van der Waals surface area contributed by atoms with E-state index in [1.54, 1.807) is 24.0 Å². The summed E-state index contributed by atoms with van der Waals surface area (Å²) in [4.78, 5) is 25.4. The first kappa shape index (κ1) is 18.4. The van der Waals surface area contributed by atoms with Crippen molar-refractivity contribution in [1.82, 2.24) is 10.2 Å². The minimum Gasteiger partial charge on any atom is -0.480 e. The zero-order chi connectivity index (χ0) is 17.9. The normalized spacial score (nSPS) is 16.9. The summed E-state index contributed by atoms with van der Waals surface area (Å²) in [6, 6.07) is 5.33. The summed E-state index contributed by atoms with van der Waals surface area (Å²) in [5.74, 6) is -1.32. The molecule has 0 saturated heterocycles. The molecule has 2 unspecified atom stereocenters. The van der Waals surface area contributed by atoms with Crippen LogP contribution in [0.4, 0.5) is 4.39 Å². The molecule has 1 saturated carbocycles. The lowest BCUT2D eigenvalue weighted by Gasteiger charge is -2.28. The van der Waals surface area contributed by atoms with Gasteiger partial charge in [-0.15, -0.1) is 0 Å². The summed E-state index contributed by atoms with van der Waals surface area (Å²) < 4.78 is 13.1. The number of aliphatic carboxylic acids is 1. The van der Waals surface area contributed by atoms with E-state index in [4.69, 9.17) is 0 Å². The zero-order valence-corrected chi connectivity index (χ0v) is 14.3. The molecular formula is C18H25FN2O3. The van der Waals surface area contributed by atoms with Gasteiger partial charge < -0.3 is 10.4 Å². The summed E-state index contributed by atoms with van der Waals surface area (Å²) in [6.07, 6.45) is 1.85. The van der Waals surface area contributed by atoms with E-state index in [2.05, 4.69) is 5.32 Å². The van der Waals surface area contributed by atoms with Gasteiger partial charge in [-0.25, -0.2) is 4.39 Å². The second-order valence-corrected chi connectivity index (χ2v) is 6.76. The lowest BCUT2D eigenvalue weighted by atomic mass is 9.96. The Kier molecular flexibility index (Phi) is 5.94. The van der Waals surface area contributed by atoms with Crippen LogP contribution in [-0.2, 0) is 9.59 Å². The number of halogens is 1. The Balaban J connectivity index is 2.04. The number of hydrogen-bond donors (Lipinski definition) is 2. The van der Waals surface area contributed by atoms with E-state index in [0.717, 1.165) is 18.4 Å². The number of amides is 1. The summed E-state index contributed by atoms with van der Waals surface area (Å²) in [5.41, 5.74) is 0.837. The molecule has 2 rings (SSSR count). The third-order valence-electron chi connectivity index (χ3n) is 4.41. The highest BCUT2D eigenvalue weighted by Crippen LogP contribution is 2.29. The van der Waals surface area contributed by atoms with E-state index < -0.39 is 12.0 Å². The summed E-state index contributed by atoms with van der Waals surface area (Å²) in [7, 11) is 0. The lowest BCUT2D eigenvalue weighted by molar-refractivity contribution is -0.143. The first-order chi connectivity index (χ1) is 11.3. The molecule has 0 radical (unpaired) electrons. The van der Waals surface area contributed by atoms with Gasteiger partial charge in [0.1, 0.15) is 11.9 Å². The number of nitrogens with zero attached hydrogens (tertiary/aromatic N) is 1. The van der Waals surface area contributed by atoms with E-state index in [1.165, 1.54) is 12.1 Å². The first-order valence-electron chi connectivity index (χ1n) is 8.33. The third kappa shape index (κ3) is 4.77. The first-order valence-corrected chi connectivity index (χ1v) is 8.33. The quantitative estimate of drug-likeness (QED) is 0.765. The molecule has 0 heterocycles. The van der Waals surface area contributed by atoms with Gasteiger partial charge in [-0.1, -0.05) is 26.0 Å². The van der Waals surface area contributed by atoms with Crippen molar-refractivity contribution in [2.75, 3.05) is 6.54 Å². The molecule has 0 bridgehead atoms. The maximum absolute atomic E-state index is 13.1. The summed E-state index contributed by atoms with van der Waals surface area (Å²) in [5, 5.41) is 12.2. The maximum atomic E-state index is 13.1. The van der Waals surface area contributed by atoms with Gasteiger partial charge in [-0.3, -0.25) is 14.5 Å². The lowest BCUT2D eigenvalue weighted by Crippen LogP contribution is -2.47. The second-order valence-electron chi connectivity index (χ2n) is 6.76. The molecule has 6 heteroatoms. The number of nitrogens with one attached hydrogen (secondary N) is 1. The van der Waals surface area contributed by atoms with Gasteiger partial charge in [0.15, 0.2) is 0 Å². The van der Waals surface area contributed by atoms with Crippen molar-refractivity contribution in [3.05, 3.63) is 35.6 Å². The van der Waals surface area contributed by atoms with Crippen LogP contribution in [0, 0.1) is 11.7 Å². The van der Waals surface area contributed by atoms with Gasteiger partial charge in [0.05, 0.1) is 12.6 Å². The monoisotopic (exact) mass is 336 g/mol. The van der Waals surface area contributed by atoms with Gasteiger partial charge in [-0.2, -0.15) is 0 Å². The molecule has 0 aliphatic heterocycles. The average Bonchev–Trinajstić information content (AvgIpc) is 3.35. The molecular weight excluding hydrogens is 311 g/mol. The fraction of sp³-hybridized carbons (Fsp3) is 0.556. The largest absolute Gasteiger partial charge is 0.480 e. The molecule has 0 aromatic heterocycles. The Morgan fingerprint density at radius 3 is 2.29 bits per heavy atom. The Morgan fingerprint density at radius 2 is 1.83 bits per heavy atom. The van der Waals surface area contributed by atoms with E-state index in [0.29, 0.717) is 0 Å². The van der Waals surface area contributed by atoms with Crippen molar-refractivity contribution in [3.63, 3.8) is 0 Å². The van der Waals surface area contributed by atoms with Gasteiger partial charge in [0.2, 0.25) is 5.91 Å². The molecule has 1 aromatic carbocycles. The predicted octanol–water partition coefficient (Wildman–Crippen LogP) is 2.58. The van der Waals surface area contributed by atoms with E-state index in [1.807, 2.05) is 13.8 Å². The molecule has 1 aromatic rings. The third-order valence-corrected chi connectivity index (χ3v) is 4.41. The van der Waals surface area contributed by atoms with E-state index in [9.17, 15) is 19.1 Å². The van der Waals surface area contributed by atoms with E-state index >= 15 is 0 Å². The van der Waals surface area contributed by atoms with Crippen LogP contribution in [0.5, 0.6) is 0 Å². The molecule has 1 fully saturated rings. The molecule has 24 heavy (non-hydrogen) atoms. The van der Waals surface area contributed by atoms with E-state index in [-0.39, 0.29) is 36.3 Å². The number of rotatable bonds is 8. The maximum Gasteiger partial charge on any atom is 0.320 e. The van der Waals surface area contributed by atoms with Gasteiger partial charge in [0, 0.05) is 6.04 Å². The van der Waals surface area contributed by atoms with Gasteiger partial charge in [0.25, 0.3) is 0 Å².